The van der Waals surface area contributed by atoms with Gasteiger partial charge in [0.2, 0.25) is 10.0 Å². The van der Waals surface area contributed by atoms with Crippen LogP contribution in [0.5, 0.6) is 0 Å². The summed E-state index contributed by atoms with van der Waals surface area (Å²) in [6.45, 7) is 2.18. The minimum Gasteiger partial charge on any atom is -0.207 e. The molecule has 98 valence electrons. The largest absolute Gasteiger partial charge is 0.243 e. The minimum atomic E-state index is -3.51. The third kappa shape index (κ3) is 3.31. The molecule has 1 aromatic carbocycles. The summed E-state index contributed by atoms with van der Waals surface area (Å²) in [6, 6.07) is 6.66. The quantitative estimate of drug-likeness (QED) is 0.778. The van der Waals surface area contributed by atoms with Crippen molar-refractivity contribution in [2.75, 3.05) is 18.9 Å². The molecule has 18 heavy (non-hydrogen) atoms. The van der Waals surface area contributed by atoms with Gasteiger partial charge in [-0.2, -0.15) is 5.26 Å². The van der Waals surface area contributed by atoms with E-state index >= 15 is 0 Å². The summed E-state index contributed by atoms with van der Waals surface area (Å²) >= 11 is 3.27. The van der Waals surface area contributed by atoms with E-state index in [-0.39, 0.29) is 4.90 Å². The van der Waals surface area contributed by atoms with Crippen LogP contribution in [0.4, 0.5) is 0 Å². The van der Waals surface area contributed by atoms with E-state index in [1.807, 2.05) is 6.07 Å². The molecule has 6 heteroatoms. The molecule has 0 aliphatic carbocycles. The molecular formula is C12H15BrN2O2S. The zero-order valence-electron chi connectivity index (χ0n) is 10.4. The van der Waals surface area contributed by atoms with Crippen LogP contribution in [0, 0.1) is 18.3 Å². The molecule has 0 aliphatic heterocycles. The van der Waals surface area contributed by atoms with Crippen LogP contribution in [0.3, 0.4) is 0 Å². The summed E-state index contributed by atoms with van der Waals surface area (Å²) in [7, 11) is -1.96. The fourth-order valence-corrected chi connectivity index (χ4v) is 3.22. The monoisotopic (exact) mass is 330 g/mol. The lowest BCUT2D eigenvalue weighted by Crippen LogP contribution is -2.28. The molecule has 1 aromatic rings. The average Bonchev–Trinajstić information content (AvgIpc) is 2.36. The van der Waals surface area contributed by atoms with Gasteiger partial charge in [0.15, 0.2) is 0 Å². The number of nitrogens with zero attached hydrogens (tertiary/aromatic N) is 2. The second kappa shape index (κ2) is 6.32. The molecule has 0 atom stereocenters. The van der Waals surface area contributed by atoms with Gasteiger partial charge in [0.25, 0.3) is 0 Å². The second-order valence-electron chi connectivity index (χ2n) is 3.96. The first-order valence-corrected chi connectivity index (χ1v) is 8.02. The second-order valence-corrected chi connectivity index (χ2v) is 6.77. The van der Waals surface area contributed by atoms with Gasteiger partial charge in [-0.15, -0.1) is 0 Å². The van der Waals surface area contributed by atoms with Crippen LogP contribution in [0.15, 0.2) is 23.1 Å². The van der Waals surface area contributed by atoms with Crippen molar-refractivity contribution in [3.05, 3.63) is 29.3 Å². The van der Waals surface area contributed by atoms with E-state index in [9.17, 15) is 8.42 Å². The van der Waals surface area contributed by atoms with Crippen molar-refractivity contribution in [1.82, 2.24) is 4.31 Å². The molecule has 0 radical (unpaired) electrons. The van der Waals surface area contributed by atoms with Gasteiger partial charge in [0.1, 0.15) is 0 Å². The SMILES string of the molecule is Cc1ccc(C#N)cc1S(=O)(=O)N(C)CCCBr. The third-order valence-corrected chi connectivity index (χ3v) is 5.17. The number of rotatable bonds is 5. The Morgan fingerprint density at radius 2 is 2.11 bits per heavy atom. The van der Waals surface area contributed by atoms with Gasteiger partial charge in [-0.3, -0.25) is 0 Å². The Bertz CT molecular complexity index is 564. The van der Waals surface area contributed by atoms with E-state index in [1.54, 1.807) is 26.1 Å². The van der Waals surface area contributed by atoms with E-state index in [2.05, 4.69) is 15.9 Å². The lowest BCUT2D eigenvalue weighted by atomic mass is 10.2. The first kappa shape index (κ1) is 15.2. The number of benzene rings is 1. The summed E-state index contributed by atoms with van der Waals surface area (Å²) in [6.07, 6.45) is 0.743. The van der Waals surface area contributed by atoms with Crippen molar-refractivity contribution in [3.8, 4) is 6.07 Å². The van der Waals surface area contributed by atoms with Gasteiger partial charge < -0.3 is 0 Å². The van der Waals surface area contributed by atoms with Gasteiger partial charge in [-0.25, -0.2) is 12.7 Å². The summed E-state index contributed by atoms with van der Waals surface area (Å²) in [5.41, 5.74) is 1.01. The van der Waals surface area contributed by atoms with Crippen LogP contribution in [0.2, 0.25) is 0 Å². The number of alkyl halides is 1. The predicted octanol–water partition coefficient (Wildman–Crippen LogP) is 2.27. The van der Waals surface area contributed by atoms with Crippen LogP contribution in [0.1, 0.15) is 17.5 Å². The molecular weight excluding hydrogens is 316 g/mol. The maximum atomic E-state index is 12.3. The van der Waals surface area contributed by atoms with E-state index in [0.29, 0.717) is 17.7 Å². The lowest BCUT2D eigenvalue weighted by Gasteiger charge is -2.18. The van der Waals surface area contributed by atoms with E-state index in [4.69, 9.17) is 5.26 Å². The average molecular weight is 331 g/mol. The fourth-order valence-electron chi connectivity index (χ4n) is 1.52. The summed E-state index contributed by atoms with van der Waals surface area (Å²) in [5.74, 6) is 0. The van der Waals surface area contributed by atoms with Crippen LogP contribution >= 0.6 is 15.9 Å². The molecule has 0 bridgehead atoms. The first-order chi connectivity index (χ1) is 8.43. The highest BCUT2D eigenvalue weighted by Crippen LogP contribution is 2.20. The zero-order chi connectivity index (χ0) is 13.8. The highest BCUT2D eigenvalue weighted by molar-refractivity contribution is 9.09. The van der Waals surface area contributed by atoms with Crippen molar-refractivity contribution in [2.45, 2.75) is 18.2 Å². The van der Waals surface area contributed by atoms with Gasteiger partial charge in [-0.1, -0.05) is 22.0 Å². The van der Waals surface area contributed by atoms with Crippen molar-refractivity contribution in [3.63, 3.8) is 0 Å². The smallest absolute Gasteiger partial charge is 0.207 e. The van der Waals surface area contributed by atoms with E-state index in [1.165, 1.54) is 10.4 Å². The van der Waals surface area contributed by atoms with Crippen molar-refractivity contribution < 1.29 is 8.42 Å². The Hall–Kier alpha value is -0.900. The maximum absolute atomic E-state index is 12.3. The number of halogens is 1. The van der Waals surface area contributed by atoms with Gasteiger partial charge >= 0.3 is 0 Å². The van der Waals surface area contributed by atoms with Crippen molar-refractivity contribution >= 4 is 26.0 Å². The Morgan fingerprint density at radius 3 is 2.67 bits per heavy atom. The molecule has 0 unspecified atom stereocenters. The Kier molecular flexibility index (Phi) is 5.32. The molecule has 0 amide bonds. The standard InChI is InChI=1S/C12H15BrN2O2S/c1-10-4-5-11(9-14)8-12(10)18(16,17)15(2)7-3-6-13/h4-5,8H,3,6-7H2,1-2H3. The van der Waals surface area contributed by atoms with Crippen LogP contribution in [0.25, 0.3) is 0 Å². The molecule has 4 nitrogen and oxygen atoms in total. The van der Waals surface area contributed by atoms with Gasteiger partial charge in [-0.05, 0) is 31.0 Å². The molecule has 0 fully saturated rings. The van der Waals surface area contributed by atoms with Crippen LogP contribution in [-0.4, -0.2) is 31.6 Å². The number of hydrogen-bond donors (Lipinski definition) is 0. The number of nitriles is 1. The fraction of sp³-hybridized carbons (Fsp3) is 0.417. The maximum Gasteiger partial charge on any atom is 0.243 e. The van der Waals surface area contributed by atoms with Crippen LogP contribution < -0.4 is 0 Å². The Labute approximate surface area is 116 Å². The zero-order valence-corrected chi connectivity index (χ0v) is 12.8. The lowest BCUT2D eigenvalue weighted by molar-refractivity contribution is 0.469. The van der Waals surface area contributed by atoms with E-state index < -0.39 is 10.0 Å². The van der Waals surface area contributed by atoms with Gasteiger partial charge in [0, 0.05) is 18.9 Å². The minimum absolute atomic E-state index is 0.207. The van der Waals surface area contributed by atoms with Gasteiger partial charge in [0.05, 0.1) is 16.5 Å². The number of hydrogen-bond acceptors (Lipinski definition) is 3. The molecule has 0 heterocycles. The summed E-state index contributed by atoms with van der Waals surface area (Å²) in [4.78, 5) is 0.207. The summed E-state index contributed by atoms with van der Waals surface area (Å²) in [5, 5.41) is 9.59. The Balaban J connectivity index is 3.16. The highest BCUT2D eigenvalue weighted by Gasteiger charge is 2.22. The van der Waals surface area contributed by atoms with Crippen molar-refractivity contribution in [1.29, 1.82) is 5.26 Å². The molecule has 1 rings (SSSR count). The highest BCUT2D eigenvalue weighted by atomic mass is 79.9. The predicted molar refractivity (Wildman–Crippen MR) is 74.1 cm³/mol. The topological polar surface area (TPSA) is 61.2 Å². The molecule has 0 saturated heterocycles. The number of sulfonamides is 1. The normalized spacial score (nSPS) is 11.5. The Morgan fingerprint density at radius 1 is 1.44 bits per heavy atom. The summed E-state index contributed by atoms with van der Waals surface area (Å²) < 4.78 is 26.0. The molecule has 0 spiro atoms. The first-order valence-electron chi connectivity index (χ1n) is 5.46. The molecule has 0 N–H and O–H groups in total. The molecule has 0 aromatic heterocycles. The number of aryl methyl sites for hydroxylation is 1. The van der Waals surface area contributed by atoms with Crippen molar-refractivity contribution in [2.24, 2.45) is 0 Å². The third-order valence-electron chi connectivity index (χ3n) is 2.61. The molecule has 0 aliphatic rings. The van der Waals surface area contributed by atoms with E-state index in [0.717, 1.165) is 11.8 Å². The van der Waals surface area contributed by atoms with Crippen LogP contribution in [-0.2, 0) is 10.0 Å². The molecule has 0 saturated carbocycles.